The van der Waals surface area contributed by atoms with Crippen LogP contribution in [0.4, 0.5) is 0 Å². The van der Waals surface area contributed by atoms with Gasteiger partial charge in [0.25, 0.3) is 0 Å². The van der Waals surface area contributed by atoms with E-state index in [4.69, 9.17) is 19.7 Å². The zero-order valence-corrected chi connectivity index (χ0v) is 53.7. The highest BCUT2D eigenvalue weighted by Crippen LogP contribution is 2.57. The van der Waals surface area contributed by atoms with Crippen molar-refractivity contribution in [2.45, 2.75) is 211 Å². The highest BCUT2D eigenvalue weighted by atomic mass is 16.5. The van der Waals surface area contributed by atoms with E-state index in [1.54, 1.807) is 0 Å². The third-order valence-corrected chi connectivity index (χ3v) is 21.8. The molecular formula is C76H91N3O. The van der Waals surface area contributed by atoms with E-state index in [1.165, 1.54) is 99.8 Å². The van der Waals surface area contributed by atoms with Gasteiger partial charge in [0.05, 0.1) is 4.11 Å². The summed E-state index contributed by atoms with van der Waals surface area (Å²) in [5.41, 5.74) is 38.9. The van der Waals surface area contributed by atoms with Gasteiger partial charge in [-0.05, 0) is 369 Å². The molecule has 1 saturated carbocycles. The highest BCUT2D eigenvalue weighted by Gasteiger charge is 2.50. The summed E-state index contributed by atoms with van der Waals surface area (Å²) in [5, 5.41) is 2.73. The molecule has 1 aliphatic heterocycles. The van der Waals surface area contributed by atoms with Crippen molar-refractivity contribution in [3.05, 3.63) is 169 Å². The lowest BCUT2D eigenvalue weighted by atomic mass is 9.66. The van der Waals surface area contributed by atoms with E-state index in [1.807, 2.05) is 0 Å². The van der Waals surface area contributed by atoms with E-state index in [0.29, 0.717) is 29.3 Å². The zero-order valence-electron chi connectivity index (χ0n) is 57.7. The van der Waals surface area contributed by atoms with Gasteiger partial charge in [-0.1, -0.05) is 32.0 Å². The van der Waals surface area contributed by atoms with Crippen LogP contribution in [-0.4, -0.2) is 21.1 Å². The molecule has 1 fully saturated rings. The molecule has 7 aromatic carbocycles. The SMILES string of the molecule is [2H]c1c(C)c(C)c(C)c(-c2c(C)c(C)c(C)c(-c3nc(-c4c(C)c(C)c(C)c(C)c4C)nc(C4C([2H])C(C)C5c6c([2H])c([2H])c(-c7c(C)c(C)c(-c8c(C)c(C)c9c(C)c(C)c(C)c(C)c9c8C)c(C)c7C)c(C)c6OC5C4C)n3)c2C)c1C. The second-order valence-electron chi connectivity index (χ2n) is 25.4. The van der Waals surface area contributed by atoms with Crippen LogP contribution in [0.2, 0.25) is 0 Å². The maximum Gasteiger partial charge on any atom is 0.164 e. The molecule has 0 amide bonds. The van der Waals surface area contributed by atoms with Gasteiger partial charge < -0.3 is 4.74 Å². The van der Waals surface area contributed by atoms with Gasteiger partial charge in [0.2, 0.25) is 0 Å². The Balaban J connectivity index is 1.14. The van der Waals surface area contributed by atoms with Crippen LogP contribution in [0.25, 0.3) is 66.9 Å². The first-order chi connectivity index (χ1) is 39.2. The van der Waals surface area contributed by atoms with Crippen LogP contribution in [0.15, 0.2) is 18.1 Å². The average Bonchev–Trinajstić information content (AvgIpc) is 2.56. The van der Waals surface area contributed by atoms with E-state index in [2.05, 4.69) is 187 Å². The second-order valence-corrected chi connectivity index (χ2v) is 25.4. The van der Waals surface area contributed by atoms with Gasteiger partial charge in [-0.15, -0.1) is 0 Å². The van der Waals surface area contributed by atoms with Crippen molar-refractivity contribution >= 4 is 10.8 Å². The van der Waals surface area contributed by atoms with E-state index in [-0.39, 0.29) is 29.8 Å². The number of rotatable bonds is 6. The summed E-state index contributed by atoms with van der Waals surface area (Å²) in [6.07, 6.45) is -1.06. The predicted octanol–water partition coefficient (Wildman–Crippen LogP) is 20.4. The minimum atomic E-state index is -0.668. The van der Waals surface area contributed by atoms with Crippen LogP contribution in [-0.2, 0) is 0 Å². The summed E-state index contributed by atoms with van der Waals surface area (Å²) >= 11 is 0. The van der Waals surface area contributed by atoms with Crippen molar-refractivity contribution in [3.63, 3.8) is 0 Å². The van der Waals surface area contributed by atoms with Gasteiger partial charge in [0, 0.05) is 35.8 Å². The fourth-order valence-corrected chi connectivity index (χ4v) is 15.4. The lowest BCUT2D eigenvalue weighted by Crippen LogP contribution is -2.40. The van der Waals surface area contributed by atoms with Crippen LogP contribution in [0.1, 0.15) is 188 Å². The number of aryl methyl sites for hydroxylation is 4. The molecule has 0 spiro atoms. The Morgan fingerprint density at radius 3 is 1.32 bits per heavy atom. The average molecular weight is 1070 g/mol. The van der Waals surface area contributed by atoms with Crippen molar-refractivity contribution in [2.24, 2.45) is 11.8 Å². The third kappa shape index (κ3) is 8.05. The van der Waals surface area contributed by atoms with Gasteiger partial charge in [0.15, 0.2) is 11.6 Å². The lowest BCUT2D eigenvalue weighted by Gasteiger charge is -2.40. The van der Waals surface area contributed by atoms with Crippen molar-refractivity contribution in [1.82, 2.24) is 15.0 Å². The first-order valence-electron chi connectivity index (χ1n) is 31.6. The third-order valence-electron chi connectivity index (χ3n) is 21.8. The summed E-state index contributed by atoms with van der Waals surface area (Å²) in [6.45, 7) is 59.5. The first kappa shape index (κ1) is 51.7. The molecule has 80 heavy (non-hydrogen) atoms. The molecule has 1 aliphatic carbocycles. The van der Waals surface area contributed by atoms with Gasteiger partial charge in [0.1, 0.15) is 17.7 Å². The fraction of sp³-hybridized carbons (Fsp3) is 0.434. The first-order valence-corrected chi connectivity index (χ1v) is 29.5. The van der Waals surface area contributed by atoms with Crippen molar-refractivity contribution in [1.29, 1.82) is 0 Å². The number of ether oxygens (including phenoxy) is 1. The van der Waals surface area contributed by atoms with Crippen LogP contribution in [0, 0.1) is 185 Å². The molecule has 1 aromatic heterocycles. The summed E-state index contributed by atoms with van der Waals surface area (Å²) in [7, 11) is 0. The molecule has 0 radical (unpaired) electrons. The Labute approximate surface area is 487 Å². The normalized spacial score (nSPS) is 19.5. The standard InChI is InChI=1S/C76H91N3O/c1-32-30-33(2)62(42(11)35(32)4)67-45(14)41(10)48(17)71(58(67)27)76-78-74(77-75(79-76)70-46(15)37(6)36(5)38(7)47(70)16)61-31-34(3)63-60-29-28-59(55(24)72(60)80-73(63)56(61)25)64-49(18)51(20)66(52(21)50(64)19)69-54(23)53(22)65-43(12)39(8)40(9)44(13)68(65)57(69)26/h28-30,34,56,61,63,73H,31H2,1-27H3/i28D,29D,30D,31D. The van der Waals surface area contributed by atoms with Crippen LogP contribution in [0.3, 0.4) is 0 Å². The Kier molecular flexibility index (Phi) is 12.9. The molecule has 6 atom stereocenters. The maximum absolute atomic E-state index is 10.4. The molecule has 0 N–H and O–H groups in total. The molecule has 416 valence electrons. The fourth-order valence-electron chi connectivity index (χ4n) is 15.4. The molecule has 6 unspecified atom stereocenters. The second kappa shape index (κ2) is 20.0. The van der Waals surface area contributed by atoms with E-state index >= 15 is 0 Å². The minimum absolute atomic E-state index is 0.193. The van der Waals surface area contributed by atoms with Gasteiger partial charge in [-0.3, -0.25) is 0 Å². The summed E-state index contributed by atoms with van der Waals surface area (Å²) in [5.74, 6) is 1.22. The molecule has 0 bridgehead atoms. The Bertz CT molecular complexity index is 4180. The molecule has 2 heterocycles. The smallest absolute Gasteiger partial charge is 0.164 e. The molecule has 2 aliphatic rings. The molecular weight excluding hydrogens is 971 g/mol. The van der Waals surface area contributed by atoms with Crippen molar-refractivity contribution in [3.8, 4) is 61.9 Å². The largest absolute Gasteiger partial charge is 0.489 e. The van der Waals surface area contributed by atoms with Crippen molar-refractivity contribution in [2.75, 3.05) is 0 Å². The number of benzene rings is 7. The number of hydrogen-bond acceptors (Lipinski definition) is 4. The predicted molar refractivity (Wildman–Crippen MR) is 342 cm³/mol. The van der Waals surface area contributed by atoms with Gasteiger partial charge in [-0.2, -0.15) is 0 Å². The van der Waals surface area contributed by atoms with Gasteiger partial charge in [-0.25, -0.2) is 15.0 Å². The van der Waals surface area contributed by atoms with Crippen molar-refractivity contribution < 1.29 is 10.2 Å². The van der Waals surface area contributed by atoms with E-state index in [9.17, 15) is 5.48 Å². The Hall–Kier alpha value is -6.39. The van der Waals surface area contributed by atoms with Crippen LogP contribution < -0.4 is 4.74 Å². The number of aromatic nitrogens is 3. The topological polar surface area (TPSA) is 47.9 Å². The highest BCUT2D eigenvalue weighted by molar-refractivity contribution is 6.02. The van der Waals surface area contributed by atoms with Gasteiger partial charge >= 0.3 is 0 Å². The molecule has 4 nitrogen and oxygen atoms in total. The zero-order chi connectivity index (χ0) is 62.1. The molecule has 0 saturated heterocycles. The van der Waals surface area contributed by atoms with E-state index < -0.39 is 18.4 Å². The summed E-state index contributed by atoms with van der Waals surface area (Å²) in [4.78, 5) is 16.7. The Morgan fingerprint density at radius 2 is 0.775 bits per heavy atom. The summed E-state index contributed by atoms with van der Waals surface area (Å²) in [6, 6.07) is 0.981. The van der Waals surface area contributed by atoms with Crippen LogP contribution >= 0.6 is 0 Å². The number of fused-ring (bicyclic) bond motifs is 4. The summed E-state index contributed by atoms with van der Waals surface area (Å²) < 4.78 is 47.2. The molecule has 4 heteroatoms. The van der Waals surface area contributed by atoms with Crippen LogP contribution in [0.5, 0.6) is 5.75 Å². The maximum atomic E-state index is 10.4. The molecule has 8 aromatic rings. The quantitative estimate of drug-likeness (QED) is 0.166. The Morgan fingerprint density at radius 1 is 0.388 bits per heavy atom. The number of hydrogen-bond donors (Lipinski definition) is 0. The monoisotopic (exact) mass is 1070 g/mol. The molecule has 10 rings (SSSR count). The number of nitrogens with zero attached hydrogens (tertiary/aromatic N) is 3. The lowest BCUT2D eigenvalue weighted by molar-refractivity contribution is 0.0627. The van der Waals surface area contributed by atoms with E-state index in [0.717, 1.165) is 100 Å². The minimum Gasteiger partial charge on any atom is -0.489 e.